The standard InChI is InChI=1S/C4H5F5O3S.Li/c5-1(3(7)8)2(6)4(9)13(10,11)12;/h1-4H,(H,10,11,12);/q;+1/p-1. The molecule has 80 valence electrons. The third kappa shape index (κ3) is 4.59. The van der Waals surface area contributed by atoms with Gasteiger partial charge in [-0.05, 0) is 0 Å². The van der Waals surface area contributed by atoms with Crippen LogP contribution in [0.1, 0.15) is 0 Å². The average molecular weight is 234 g/mol. The van der Waals surface area contributed by atoms with Gasteiger partial charge in [-0.2, -0.15) is 0 Å². The first-order valence-electron chi connectivity index (χ1n) is 2.83. The first kappa shape index (κ1) is 16.6. The van der Waals surface area contributed by atoms with Crippen LogP contribution in [0.15, 0.2) is 0 Å². The Bertz CT molecular complexity index is 258. The van der Waals surface area contributed by atoms with Gasteiger partial charge in [0.05, 0.1) is 0 Å². The van der Waals surface area contributed by atoms with Crippen LogP contribution >= 0.6 is 0 Å². The van der Waals surface area contributed by atoms with Crippen molar-refractivity contribution in [2.75, 3.05) is 0 Å². The van der Waals surface area contributed by atoms with E-state index in [1.165, 1.54) is 0 Å². The van der Waals surface area contributed by atoms with Crippen molar-refractivity contribution in [1.82, 2.24) is 0 Å². The largest absolute Gasteiger partial charge is 1.00 e. The van der Waals surface area contributed by atoms with Crippen LogP contribution in [0, 0.1) is 0 Å². The van der Waals surface area contributed by atoms with Crippen LogP contribution in [0.25, 0.3) is 0 Å². The Morgan fingerprint density at radius 3 is 1.50 bits per heavy atom. The zero-order chi connectivity index (χ0) is 10.8. The zero-order valence-corrected chi connectivity index (χ0v) is 7.65. The van der Waals surface area contributed by atoms with E-state index in [0.717, 1.165) is 0 Å². The molecular weight excluding hydrogens is 230 g/mol. The van der Waals surface area contributed by atoms with Gasteiger partial charge in [0.2, 0.25) is 5.50 Å². The van der Waals surface area contributed by atoms with Gasteiger partial charge in [0.1, 0.15) is 10.1 Å². The predicted molar refractivity (Wildman–Crippen MR) is 30.4 cm³/mol. The van der Waals surface area contributed by atoms with E-state index in [-0.39, 0.29) is 18.9 Å². The molecule has 3 nitrogen and oxygen atoms in total. The second-order valence-electron chi connectivity index (χ2n) is 2.07. The Balaban J connectivity index is 0. The van der Waals surface area contributed by atoms with Crippen LogP contribution in [-0.4, -0.2) is 37.2 Å². The van der Waals surface area contributed by atoms with Crippen LogP contribution < -0.4 is 18.9 Å². The molecule has 0 spiro atoms. The monoisotopic (exact) mass is 234 g/mol. The summed E-state index contributed by atoms with van der Waals surface area (Å²) in [6, 6.07) is 0. The number of alkyl halides is 5. The van der Waals surface area contributed by atoms with E-state index in [0.29, 0.717) is 0 Å². The molecule has 0 saturated carbocycles. The fraction of sp³-hybridized carbons (Fsp3) is 1.00. The summed E-state index contributed by atoms with van der Waals surface area (Å²) in [4.78, 5) is 0. The maximum Gasteiger partial charge on any atom is 1.00 e. The SMILES string of the molecule is O=S(=O)([O-])C(F)C(F)C(F)C(F)F.[Li+]. The summed E-state index contributed by atoms with van der Waals surface area (Å²) in [5, 5.41) is 0. The molecule has 0 rings (SSSR count). The fourth-order valence-corrected chi connectivity index (χ4v) is 0.911. The summed E-state index contributed by atoms with van der Waals surface area (Å²) in [7, 11) is -5.75. The molecule has 14 heavy (non-hydrogen) atoms. The molecule has 0 fully saturated rings. The first-order valence-corrected chi connectivity index (χ1v) is 4.30. The molecule has 0 N–H and O–H groups in total. The number of hydrogen-bond donors (Lipinski definition) is 0. The van der Waals surface area contributed by atoms with Crippen LogP contribution in [0.2, 0.25) is 0 Å². The summed E-state index contributed by atoms with van der Waals surface area (Å²) < 4.78 is 88.0. The molecule has 0 radical (unpaired) electrons. The molecule has 3 unspecified atom stereocenters. The Kier molecular flexibility index (Phi) is 6.99. The fourth-order valence-electron chi connectivity index (χ4n) is 0.443. The molecule has 0 aliphatic heterocycles. The Hall–Kier alpha value is 0.157. The normalized spacial score (nSPS) is 18.5. The van der Waals surface area contributed by atoms with Crippen molar-refractivity contribution >= 4 is 10.1 Å². The van der Waals surface area contributed by atoms with Crippen molar-refractivity contribution in [2.45, 2.75) is 24.3 Å². The van der Waals surface area contributed by atoms with Gasteiger partial charge in [-0.1, -0.05) is 0 Å². The van der Waals surface area contributed by atoms with Gasteiger partial charge in [-0.25, -0.2) is 30.4 Å². The second-order valence-corrected chi connectivity index (χ2v) is 3.50. The van der Waals surface area contributed by atoms with Crippen LogP contribution in [0.4, 0.5) is 22.0 Å². The number of halogens is 5. The molecule has 3 atom stereocenters. The van der Waals surface area contributed by atoms with E-state index in [4.69, 9.17) is 0 Å². The van der Waals surface area contributed by atoms with Crippen molar-refractivity contribution in [2.24, 2.45) is 0 Å². The Morgan fingerprint density at radius 1 is 0.929 bits per heavy atom. The molecule has 0 aromatic heterocycles. The van der Waals surface area contributed by atoms with Gasteiger partial charge >= 0.3 is 18.9 Å². The summed E-state index contributed by atoms with van der Waals surface area (Å²) in [6.07, 6.45) is -11.2. The summed E-state index contributed by atoms with van der Waals surface area (Å²) >= 11 is 0. The van der Waals surface area contributed by atoms with Gasteiger partial charge in [-0.15, -0.1) is 0 Å². The molecule has 0 heterocycles. The Labute approximate surface area is 88.6 Å². The third-order valence-electron chi connectivity index (χ3n) is 1.07. The average Bonchev–Trinajstić information content (AvgIpc) is 1.98. The number of hydrogen-bond acceptors (Lipinski definition) is 3. The minimum atomic E-state index is -5.75. The molecule has 10 heteroatoms. The summed E-state index contributed by atoms with van der Waals surface area (Å²) in [5.74, 6) is 0. The topological polar surface area (TPSA) is 57.2 Å². The Morgan fingerprint density at radius 2 is 1.29 bits per heavy atom. The van der Waals surface area contributed by atoms with E-state index in [1.54, 1.807) is 0 Å². The molecule has 0 amide bonds. The maximum absolute atomic E-state index is 12.1. The van der Waals surface area contributed by atoms with E-state index < -0.39 is 34.4 Å². The minimum Gasteiger partial charge on any atom is -0.746 e. The second kappa shape index (κ2) is 5.90. The zero-order valence-electron chi connectivity index (χ0n) is 6.83. The molecule has 0 aromatic carbocycles. The molecule has 0 aliphatic carbocycles. The predicted octanol–water partition coefficient (Wildman–Crippen LogP) is -2.23. The van der Waals surface area contributed by atoms with Gasteiger partial charge in [0, 0.05) is 0 Å². The van der Waals surface area contributed by atoms with Crippen molar-refractivity contribution in [3.63, 3.8) is 0 Å². The van der Waals surface area contributed by atoms with E-state index in [2.05, 4.69) is 0 Å². The van der Waals surface area contributed by atoms with Gasteiger partial charge in [0.15, 0.2) is 12.3 Å². The van der Waals surface area contributed by atoms with E-state index in [9.17, 15) is 34.9 Å². The molecule has 0 aliphatic rings. The first-order chi connectivity index (χ1) is 5.68. The molecule has 0 bridgehead atoms. The van der Waals surface area contributed by atoms with E-state index >= 15 is 0 Å². The van der Waals surface area contributed by atoms with Crippen molar-refractivity contribution in [3.05, 3.63) is 0 Å². The third-order valence-corrected chi connectivity index (χ3v) is 1.88. The molecule has 0 saturated heterocycles. The smallest absolute Gasteiger partial charge is 0.746 e. The summed E-state index contributed by atoms with van der Waals surface area (Å²) in [5.41, 5.74) is -3.81. The van der Waals surface area contributed by atoms with Crippen LogP contribution in [0.5, 0.6) is 0 Å². The van der Waals surface area contributed by atoms with Gasteiger partial charge < -0.3 is 4.55 Å². The summed E-state index contributed by atoms with van der Waals surface area (Å²) in [6.45, 7) is 0. The molecule has 0 aromatic rings. The number of rotatable bonds is 4. The maximum atomic E-state index is 12.1. The minimum absolute atomic E-state index is 0. The van der Waals surface area contributed by atoms with Crippen molar-refractivity contribution in [3.8, 4) is 0 Å². The van der Waals surface area contributed by atoms with Crippen LogP contribution in [0.3, 0.4) is 0 Å². The van der Waals surface area contributed by atoms with Crippen molar-refractivity contribution in [1.29, 1.82) is 0 Å². The van der Waals surface area contributed by atoms with Crippen LogP contribution in [-0.2, 0) is 10.1 Å². The van der Waals surface area contributed by atoms with Crippen molar-refractivity contribution < 1.29 is 53.8 Å². The van der Waals surface area contributed by atoms with E-state index in [1.807, 2.05) is 0 Å². The van der Waals surface area contributed by atoms with Gasteiger partial charge in [-0.3, -0.25) is 0 Å². The quantitative estimate of drug-likeness (QED) is 0.314. The van der Waals surface area contributed by atoms with Gasteiger partial charge in [0.25, 0.3) is 6.43 Å². The molecular formula is C4H4F5LiO3S.